The van der Waals surface area contributed by atoms with E-state index in [0.717, 1.165) is 19.3 Å². The molecule has 7 atom stereocenters. The van der Waals surface area contributed by atoms with Crippen molar-refractivity contribution >= 4 is 23.4 Å². The van der Waals surface area contributed by atoms with Crippen molar-refractivity contribution in [2.75, 3.05) is 19.0 Å². The van der Waals surface area contributed by atoms with Crippen molar-refractivity contribution in [2.24, 2.45) is 17.8 Å². The van der Waals surface area contributed by atoms with Gasteiger partial charge in [-0.05, 0) is 30.9 Å². The maximum absolute atomic E-state index is 13.7. The van der Waals surface area contributed by atoms with Crippen molar-refractivity contribution in [3.63, 3.8) is 0 Å². The van der Waals surface area contributed by atoms with Crippen LogP contribution in [0.15, 0.2) is 49.1 Å². The molecule has 0 radical (unpaired) electrons. The van der Waals surface area contributed by atoms with Gasteiger partial charge in [-0.3, -0.25) is 14.4 Å². The van der Waals surface area contributed by atoms with E-state index in [1.165, 1.54) is 11.3 Å². The summed E-state index contributed by atoms with van der Waals surface area (Å²) in [4.78, 5) is 42.3. The lowest BCUT2D eigenvalue weighted by Gasteiger charge is -2.35. The van der Waals surface area contributed by atoms with Gasteiger partial charge in [-0.1, -0.05) is 44.1 Å². The van der Waals surface area contributed by atoms with Crippen molar-refractivity contribution in [3.05, 3.63) is 49.1 Å². The van der Waals surface area contributed by atoms with Gasteiger partial charge in [0.2, 0.25) is 17.7 Å². The Labute approximate surface area is 205 Å². The van der Waals surface area contributed by atoms with E-state index in [4.69, 9.17) is 9.47 Å². The number of hydrogen-bond acceptors (Lipinski definition) is 5. The predicted octanol–water partition coefficient (Wildman–Crippen LogP) is 2.67. The monoisotopic (exact) mass is 479 g/mol. The van der Waals surface area contributed by atoms with Crippen LogP contribution >= 0.6 is 0 Å². The van der Waals surface area contributed by atoms with Crippen LogP contribution in [0.2, 0.25) is 0 Å². The quantitative estimate of drug-likeness (QED) is 0.586. The third kappa shape index (κ3) is 3.84. The number of ether oxygens (including phenoxy) is 2. The molecule has 2 bridgehead atoms. The first-order chi connectivity index (χ1) is 16.9. The number of fused-ring (bicyclic) bond motifs is 1. The molecule has 0 aromatic heterocycles. The van der Waals surface area contributed by atoms with Crippen LogP contribution in [-0.2, 0) is 19.1 Å². The first-order valence-corrected chi connectivity index (χ1v) is 12.4. The molecule has 1 aromatic carbocycles. The molecule has 186 valence electrons. The summed E-state index contributed by atoms with van der Waals surface area (Å²) in [6.07, 6.45) is 8.94. The summed E-state index contributed by atoms with van der Waals surface area (Å²) in [5.74, 6) is -1.30. The van der Waals surface area contributed by atoms with E-state index >= 15 is 0 Å². The number of methoxy groups -OCH3 is 1. The van der Waals surface area contributed by atoms with Gasteiger partial charge in [0.25, 0.3) is 0 Å². The predicted molar refractivity (Wildman–Crippen MR) is 131 cm³/mol. The molecule has 1 aromatic rings. The average Bonchev–Trinajstić information content (AvgIpc) is 3.48. The number of likely N-dealkylation sites (tertiary alicyclic amines) is 1. The Morgan fingerprint density at radius 1 is 1.29 bits per heavy atom. The maximum atomic E-state index is 13.7. The Morgan fingerprint density at radius 3 is 2.83 bits per heavy atom. The van der Waals surface area contributed by atoms with E-state index in [1.54, 1.807) is 37.5 Å². The molecule has 1 saturated carbocycles. The van der Waals surface area contributed by atoms with E-state index in [9.17, 15) is 14.4 Å². The van der Waals surface area contributed by atoms with Crippen LogP contribution in [-0.4, -0.2) is 60.1 Å². The minimum Gasteiger partial charge on any atom is -0.497 e. The fraction of sp³-hybridized carbons (Fsp3) is 0.519. The lowest BCUT2D eigenvalue weighted by molar-refractivity contribution is -0.141. The largest absolute Gasteiger partial charge is 0.497 e. The van der Waals surface area contributed by atoms with Crippen LogP contribution in [0.5, 0.6) is 5.75 Å². The van der Waals surface area contributed by atoms with Gasteiger partial charge in [0.05, 0.1) is 25.0 Å². The number of carbonyl (C=O) groups excluding carboxylic acids is 3. The highest BCUT2D eigenvalue weighted by molar-refractivity contribution is 6.02. The highest BCUT2D eigenvalue weighted by Crippen LogP contribution is 2.55. The number of hydrogen-bond donors (Lipinski definition) is 2. The Balaban J connectivity index is 1.42. The molecular weight excluding hydrogens is 446 g/mol. The summed E-state index contributed by atoms with van der Waals surface area (Å²) in [5, 5.41) is 6.12. The van der Waals surface area contributed by atoms with E-state index in [0.29, 0.717) is 17.4 Å². The molecule has 4 aliphatic rings. The lowest BCUT2D eigenvalue weighted by atomic mass is 9.74. The van der Waals surface area contributed by atoms with Gasteiger partial charge in [-0.15, -0.1) is 6.58 Å². The Kier molecular flexibility index (Phi) is 6.17. The topological polar surface area (TPSA) is 97.0 Å². The van der Waals surface area contributed by atoms with Gasteiger partial charge in [0, 0.05) is 24.3 Å². The van der Waals surface area contributed by atoms with Gasteiger partial charge in [0.1, 0.15) is 17.4 Å². The fourth-order valence-electron chi connectivity index (χ4n) is 6.32. The van der Waals surface area contributed by atoms with Gasteiger partial charge < -0.3 is 25.0 Å². The Morgan fingerprint density at radius 2 is 2.09 bits per heavy atom. The zero-order valence-electron chi connectivity index (χ0n) is 20.2. The second-order valence-electron chi connectivity index (χ2n) is 10.1. The Bertz CT molecular complexity index is 1070. The molecule has 1 spiro atoms. The highest BCUT2D eigenvalue weighted by Gasteiger charge is 2.72. The fourth-order valence-corrected chi connectivity index (χ4v) is 6.32. The number of carbonyl (C=O) groups is 3. The summed E-state index contributed by atoms with van der Waals surface area (Å²) >= 11 is 0. The second kappa shape index (κ2) is 9.15. The molecular formula is C27H33N3O5. The number of benzene rings is 1. The van der Waals surface area contributed by atoms with Crippen LogP contribution in [0.4, 0.5) is 5.69 Å². The number of nitrogens with one attached hydrogen (secondary N) is 2. The molecule has 3 aliphatic heterocycles. The van der Waals surface area contributed by atoms with Crippen molar-refractivity contribution in [1.29, 1.82) is 0 Å². The van der Waals surface area contributed by atoms with Crippen molar-refractivity contribution in [2.45, 2.75) is 56.4 Å². The van der Waals surface area contributed by atoms with Crippen LogP contribution in [0.3, 0.4) is 0 Å². The SMILES string of the molecule is C=CCN1C(=O)[C@H]2[C@H](C(=O)Nc3cccc(OC)c3)[C@H]3C=C[C@@]2(O3)[C@@H]1C(=O)N[C@@H]1CCCC[C@H]1C. The second-order valence-corrected chi connectivity index (χ2v) is 10.1. The zero-order valence-corrected chi connectivity index (χ0v) is 20.2. The highest BCUT2D eigenvalue weighted by atomic mass is 16.5. The first kappa shape index (κ1) is 23.6. The maximum Gasteiger partial charge on any atom is 0.246 e. The summed E-state index contributed by atoms with van der Waals surface area (Å²) < 4.78 is 11.6. The molecule has 2 saturated heterocycles. The number of rotatable bonds is 7. The van der Waals surface area contributed by atoms with E-state index in [-0.39, 0.29) is 30.3 Å². The van der Waals surface area contributed by atoms with Gasteiger partial charge >= 0.3 is 0 Å². The molecule has 35 heavy (non-hydrogen) atoms. The van der Waals surface area contributed by atoms with E-state index in [2.05, 4.69) is 24.1 Å². The zero-order chi connectivity index (χ0) is 24.7. The van der Waals surface area contributed by atoms with Crippen LogP contribution < -0.4 is 15.4 Å². The first-order valence-electron chi connectivity index (χ1n) is 12.4. The van der Waals surface area contributed by atoms with E-state index < -0.39 is 29.6 Å². The molecule has 3 fully saturated rings. The molecule has 5 rings (SSSR count). The minimum absolute atomic E-state index is 0.0714. The van der Waals surface area contributed by atoms with Gasteiger partial charge in [0.15, 0.2) is 0 Å². The van der Waals surface area contributed by atoms with Crippen LogP contribution in [0.25, 0.3) is 0 Å². The van der Waals surface area contributed by atoms with Gasteiger partial charge in [-0.25, -0.2) is 0 Å². The average molecular weight is 480 g/mol. The molecule has 8 heteroatoms. The van der Waals surface area contributed by atoms with Crippen LogP contribution in [0, 0.1) is 17.8 Å². The third-order valence-electron chi connectivity index (χ3n) is 8.03. The van der Waals surface area contributed by atoms with E-state index in [1.807, 2.05) is 12.2 Å². The molecule has 2 N–H and O–H groups in total. The normalized spacial score (nSPS) is 35.0. The molecule has 3 heterocycles. The lowest BCUT2D eigenvalue weighted by Crippen LogP contribution is -2.57. The molecule has 0 unspecified atom stereocenters. The van der Waals surface area contributed by atoms with Crippen LogP contribution in [0.1, 0.15) is 32.6 Å². The number of nitrogens with zero attached hydrogens (tertiary/aromatic N) is 1. The summed E-state index contributed by atoms with van der Waals surface area (Å²) in [7, 11) is 1.56. The standard InChI is InChI=1S/C27H33N3O5/c1-4-14-30-23(25(32)29-19-11-6-5-8-16(19)2)27-13-12-20(35-27)21(22(27)26(30)33)24(31)28-17-9-7-10-18(15-17)34-3/h4,7,9-10,12-13,15-16,19-23H,1,5-6,8,11,14H2,2-3H3,(H,28,31)(H,29,32)/t16-,19-,20-,21-,22-,23+,27+/m1/s1. The van der Waals surface area contributed by atoms with Crippen molar-refractivity contribution in [3.8, 4) is 5.75 Å². The Hall–Kier alpha value is -3.13. The summed E-state index contributed by atoms with van der Waals surface area (Å²) in [6.45, 7) is 6.15. The third-order valence-corrected chi connectivity index (χ3v) is 8.03. The van der Waals surface area contributed by atoms with Crippen molar-refractivity contribution < 1.29 is 23.9 Å². The molecule has 1 aliphatic carbocycles. The smallest absolute Gasteiger partial charge is 0.246 e. The number of anilines is 1. The summed E-state index contributed by atoms with van der Waals surface area (Å²) in [6, 6.07) is 6.29. The van der Waals surface area contributed by atoms with Gasteiger partial charge in [-0.2, -0.15) is 0 Å². The summed E-state index contributed by atoms with van der Waals surface area (Å²) in [5.41, 5.74) is -0.590. The molecule has 3 amide bonds. The minimum atomic E-state index is -1.16. The number of amides is 3. The van der Waals surface area contributed by atoms with Crippen molar-refractivity contribution in [1.82, 2.24) is 10.2 Å². The molecule has 8 nitrogen and oxygen atoms in total.